The molecule has 0 radical (unpaired) electrons. The van der Waals surface area contributed by atoms with Gasteiger partial charge in [-0.25, -0.2) is 0 Å². The van der Waals surface area contributed by atoms with Crippen LogP contribution in [0.15, 0.2) is 52.1 Å². The molecule has 162 valence electrons. The average Bonchev–Trinajstić information content (AvgIpc) is 3.41. The highest BCUT2D eigenvalue weighted by Gasteiger charge is 2.26. The molecule has 1 amide bonds. The third-order valence-electron chi connectivity index (χ3n) is 4.63. The van der Waals surface area contributed by atoms with E-state index in [-0.39, 0.29) is 24.2 Å². The van der Waals surface area contributed by atoms with Gasteiger partial charge < -0.3 is 30.0 Å². The Bertz CT molecular complexity index is 845. The van der Waals surface area contributed by atoms with Crippen LogP contribution in [0.2, 0.25) is 0 Å². The monoisotopic (exact) mass is 421 g/mol. The Balaban J connectivity index is 1.46. The van der Waals surface area contributed by atoms with Gasteiger partial charge in [-0.15, -0.1) is 0 Å². The second kappa shape index (κ2) is 10.5. The fourth-order valence-electron chi connectivity index (χ4n) is 3.22. The van der Waals surface area contributed by atoms with Crippen molar-refractivity contribution in [2.24, 2.45) is 4.99 Å². The summed E-state index contributed by atoms with van der Waals surface area (Å²) in [5.74, 6) is 1.13. The van der Waals surface area contributed by atoms with Crippen molar-refractivity contribution in [1.29, 1.82) is 0 Å². The van der Waals surface area contributed by atoms with E-state index in [0.29, 0.717) is 37.0 Å². The Morgan fingerprint density at radius 3 is 2.87 bits per heavy atom. The average molecular weight is 421 g/mol. The first-order valence-corrected chi connectivity index (χ1v) is 9.60. The van der Waals surface area contributed by atoms with E-state index in [1.165, 1.54) is 6.07 Å². The molecule has 1 aliphatic rings. The van der Waals surface area contributed by atoms with Gasteiger partial charge in [-0.1, -0.05) is 12.1 Å². The molecule has 2 aromatic rings. The molecular formula is C20H25F2N5O3. The van der Waals surface area contributed by atoms with Crippen molar-refractivity contribution in [3.05, 3.63) is 48.4 Å². The number of furan rings is 1. The minimum atomic E-state index is -2.87. The lowest BCUT2D eigenvalue weighted by molar-refractivity contribution is -0.120. The first kappa shape index (κ1) is 21.4. The van der Waals surface area contributed by atoms with Crippen molar-refractivity contribution >= 4 is 17.6 Å². The second-order valence-electron chi connectivity index (χ2n) is 6.70. The van der Waals surface area contributed by atoms with Crippen LogP contribution in [-0.4, -0.2) is 51.2 Å². The summed E-state index contributed by atoms with van der Waals surface area (Å²) < 4.78 is 35.1. The van der Waals surface area contributed by atoms with Crippen LogP contribution in [0, 0.1) is 0 Å². The summed E-state index contributed by atoms with van der Waals surface area (Å²) >= 11 is 0. The molecule has 0 aliphatic carbocycles. The number of anilines is 1. The summed E-state index contributed by atoms with van der Waals surface area (Å²) in [4.78, 5) is 18.1. The number of carbonyl (C=O) groups excluding carboxylic acids is 1. The lowest BCUT2D eigenvalue weighted by atomic mass is 10.2. The number of para-hydroxylation sites is 2. The molecule has 1 unspecified atom stereocenters. The quantitative estimate of drug-likeness (QED) is 0.446. The number of nitrogens with one attached hydrogen (secondary N) is 3. The molecule has 1 atom stereocenters. The number of nitrogens with zero attached hydrogens (tertiary/aromatic N) is 2. The SMILES string of the molecule is CN=C(NCC(=O)NCc1ccco1)NC1CCN(c2ccccc2OC(F)F)C1. The molecule has 1 aromatic carbocycles. The number of alkyl halides is 2. The minimum absolute atomic E-state index is 0.0435. The fraction of sp³-hybridized carbons (Fsp3) is 0.400. The molecule has 1 aromatic heterocycles. The zero-order chi connectivity index (χ0) is 21.3. The number of rotatable bonds is 8. The molecule has 3 rings (SSSR count). The number of ether oxygens (including phenoxy) is 1. The third-order valence-corrected chi connectivity index (χ3v) is 4.63. The van der Waals surface area contributed by atoms with Crippen molar-refractivity contribution in [3.63, 3.8) is 0 Å². The van der Waals surface area contributed by atoms with Crippen molar-refractivity contribution in [2.75, 3.05) is 31.6 Å². The van der Waals surface area contributed by atoms with Crippen LogP contribution < -0.4 is 25.6 Å². The van der Waals surface area contributed by atoms with E-state index in [0.717, 1.165) is 6.42 Å². The number of halogens is 2. The number of amides is 1. The molecule has 10 heteroatoms. The largest absolute Gasteiger partial charge is 0.467 e. The van der Waals surface area contributed by atoms with Gasteiger partial charge in [0.05, 0.1) is 25.0 Å². The van der Waals surface area contributed by atoms with Gasteiger partial charge in [-0.2, -0.15) is 8.78 Å². The number of hydrogen-bond donors (Lipinski definition) is 3. The Hall–Kier alpha value is -3.30. The van der Waals surface area contributed by atoms with E-state index in [1.807, 2.05) is 4.90 Å². The topological polar surface area (TPSA) is 91.1 Å². The van der Waals surface area contributed by atoms with Gasteiger partial charge in [-0.3, -0.25) is 9.79 Å². The Labute approximate surface area is 173 Å². The van der Waals surface area contributed by atoms with Gasteiger partial charge in [0, 0.05) is 26.2 Å². The molecular weight excluding hydrogens is 396 g/mol. The van der Waals surface area contributed by atoms with Crippen LogP contribution in [0.3, 0.4) is 0 Å². The van der Waals surface area contributed by atoms with Crippen LogP contribution in [0.1, 0.15) is 12.2 Å². The molecule has 8 nitrogen and oxygen atoms in total. The highest BCUT2D eigenvalue weighted by Crippen LogP contribution is 2.31. The summed E-state index contributed by atoms with van der Waals surface area (Å²) in [6.45, 7) is -1.22. The van der Waals surface area contributed by atoms with Gasteiger partial charge in [0.25, 0.3) is 0 Å². The van der Waals surface area contributed by atoms with Crippen LogP contribution in [0.4, 0.5) is 14.5 Å². The van der Waals surface area contributed by atoms with E-state index >= 15 is 0 Å². The van der Waals surface area contributed by atoms with Crippen LogP contribution in [-0.2, 0) is 11.3 Å². The number of benzene rings is 1. The first-order valence-electron chi connectivity index (χ1n) is 9.60. The normalized spacial score (nSPS) is 16.6. The fourth-order valence-corrected chi connectivity index (χ4v) is 3.22. The summed E-state index contributed by atoms with van der Waals surface area (Å²) in [5, 5.41) is 8.98. The summed E-state index contributed by atoms with van der Waals surface area (Å²) in [5.41, 5.74) is 0.627. The van der Waals surface area contributed by atoms with Gasteiger partial charge in [0.1, 0.15) is 11.5 Å². The molecule has 1 saturated heterocycles. The van der Waals surface area contributed by atoms with Crippen molar-refractivity contribution in [1.82, 2.24) is 16.0 Å². The molecule has 0 saturated carbocycles. The zero-order valence-corrected chi connectivity index (χ0v) is 16.6. The zero-order valence-electron chi connectivity index (χ0n) is 16.6. The Kier molecular flexibility index (Phi) is 7.47. The molecule has 1 fully saturated rings. The summed E-state index contributed by atoms with van der Waals surface area (Å²) in [6.07, 6.45) is 2.34. The number of carbonyl (C=O) groups is 1. The lowest BCUT2D eigenvalue weighted by Crippen LogP contribution is -2.47. The van der Waals surface area contributed by atoms with Gasteiger partial charge in [-0.05, 0) is 30.7 Å². The van der Waals surface area contributed by atoms with Gasteiger partial charge in [0.15, 0.2) is 5.96 Å². The first-order chi connectivity index (χ1) is 14.5. The molecule has 1 aliphatic heterocycles. The number of aliphatic imine (C=N–C) groups is 1. The highest BCUT2D eigenvalue weighted by molar-refractivity contribution is 5.86. The van der Waals surface area contributed by atoms with Crippen LogP contribution >= 0.6 is 0 Å². The summed E-state index contributed by atoms with van der Waals surface area (Å²) in [7, 11) is 1.62. The van der Waals surface area contributed by atoms with Crippen molar-refractivity contribution in [3.8, 4) is 5.75 Å². The second-order valence-corrected chi connectivity index (χ2v) is 6.70. The van der Waals surface area contributed by atoms with Crippen LogP contribution in [0.25, 0.3) is 0 Å². The van der Waals surface area contributed by atoms with E-state index in [9.17, 15) is 13.6 Å². The molecule has 30 heavy (non-hydrogen) atoms. The number of guanidine groups is 1. The van der Waals surface area contributed by atoms with E-state index in [4.69, 9.17) is 4.42 Å². The smallest absolute Gasteiger partial charge is 0.387 e. The third kappa shape index (κ3) is 6.10. The standard InChI is InChI=1S/C20H25F2N5O3/c1-23-20(25-12-18(28)24-11-15-5-4-10-29-15)26-14-8-9-27(13-14)16-6-2-3-7-17(16)30-19(21)22/h2-7,10,14,19H,8-9,11-13H2,1H3,(H,24,28)(H2,23,25,26). The van der Waals surface area contributed by atoms with Crippen molar-refractivity contribution < 1.29 is 22.7 Å². The predicted molar refractivity (Wildman–Crippen MR) is 109 cm³/mol. The highest BCUT2D eigenvalue weighted by atomic mass is 19.3. The van der Waals surface area contributed by atoms with Crippen LogP contribution in [0.5, 0.6) is 5.75 Å². The van der Waals surface area contributed by atoms with E-state index in [1.54, 1.807) is 43.6 Å². The number of hydrogen-bond acceptors (Lipinski definition) is 5. The Morgan fingerprint density at radius 1 is 1.30 bits per heavy atom. The Morgan fingerprint density at radius 2 is 2.13 bits per heavy atom. The predicted octanol–water partition coefficient (Wildman–Crippen LogP) is 1.94. The van der Waals surface area contributed by atoms with E-state index < -0.39 is 6.61 Å². The maximum Gasteiger partial charge on any atom is 0.387 e. The molecule has 0 bridgehead atoms. The maximum absolute atomic E-state index is 12.7. The minimum Gasteiger partial charge on any atom is -0.467 e. The maximum atomic E-state index is 12.7. The lowest BCUT2D eigenvalue weighted by Gasteiger charge is -2.22. The van der Waals surface area contributed by atoms with E-state index in [2.05, 4.69) is 25.7 Å². The summed E-state index contributed by atoms with van der Waals surface area (Å²) in [6, 6.07) is 10.3. The van der Waals surface area contributed by atoms with Gasteiger partial charge >= 0.3 is 6.61 Å². The van der Waals surface area contributed by atoms with Crippen molar-refractivity contribution in [2.45, 2.75) is 25.6 Å². The molecule has 2 heterocycles. The molecule has 3 N–H and O–H groups in total. The van der Waals surface area contributed by atoms with Gasteiger partial charge in [0.2, 0.25) is 5.91 Å². The molecule has 0 spiro atoms.